The van der Waals surface area contributed by atoms with Gasteiger partial charge in [-0.25, -0.2) is 0 Å². The van der Waals surface area contributed by atoms with E-state index in [-0.39, 0.29) is 17.9 Å². The number of nitrogens with one attached hydrogen (secondary N) is 1. The highest BCUT2D eigenvalue weighted by Crippen LogP contribution is 2.14. The largest absolute Gasteiger partial charge is 0.376 e. The first-order valence-electron chi connectivity index (χ1n) is 8.30. The average Bonchev–Trinajstić information content (AvgIpc) is 3.12. The summed E-state index contributed by atoms with van der Waals surface area (Å²) in [7, 11) is 3.35. The molecule has 1 heterocycles. The van der Waals surface area contributed by atoms with Crippen LogP contribution in [0.2, 0.25) is 0 Å². The Kier molecular flexibility index (Phi) is 6.75. The van der Waals surface area contributed by atoms with Gasteiger partial charge in [0.2, 0.25) is 0 Å². The van der Waals surface area contributed by atoms with Crippen molar-refractivity contribution in [1.82, 2.24) is 10.2 Å². The smallest absolute Gasteiger partial charge is 0.251 e. The van der Waals surface area contributed by atoms with Gasteiger partial charge in [-0.05, 0) is 37.5 Å². The molecule has 0 aromatic heterocycles. The first-order chi connectivity index (χ1) is 11.5. The Morgan fingerprint density at radius 3 is 2.67 bits per heavy atom. The molecule has 0 spiro atoms. The lowest BCUT2D eigenvalue weighted by molar-refractivity contribution is -0.143. The van der Waals surface area contributed by atoms with Gasteiger partial charge in [0.1, 0.15) is 6.10 Å². The number of benzene rings is 1. The number of carbonyl (C=O) groups is 2. The van der Waals surface area contributed by atoms with Crippen molar-refractivity contribution in [3.63, 3.8) is 0 Å². The van der Waals surface area contributed by atoms with E-state index in [4.69, 9.17) is 9.47 Å². The summed E-state index contributed by atoms with van der Waals surface area (Å²) in [5, 5.41) is 2.58. The summed E-state index contributed by atoms with van der Waals surface area (Å²) < 4.78 is 11.1. The Balaban J connectivity index is 1.82. The molecule has 1 aliphatic rings. The molecule has 0 saturated carbocycles. The van der Waals surface area contributed by atoms with E-state index in [9.17, 15) is 9.59 Å². The molecule has 2 rings (SSSR count). The summed E-state index contributed by atoms with van der Waals surface area (Å²) in [6, 6.07) is 7.21. The number of carbonyl (C=O) groups excluding carboxylic acids is 2. The average molecular weight is 334 g/mol. The summed E-state index contributed by atoms with van der Waals surface area (Å²) in [5.41, 5.74) is 1.56. The molecule has 132 valence electrons. The lowest BCUT2D eigenvalue weighted by atomic mass is 10.1. The van der Waals surface area contributed by atoms with Crippen LogP contribution in [0.25, 0.3) is 0 Å². The molecule has 24 heavy (non-hydrogen) atoms. The number of hydrogen-bond acceptors (Lipinski definition) is 4. The minimum Gasteiger partial charge on any atom is -0.376 e. The summed E-state index contributed by atoms with van der Waals surface area (Å²) in [5.74, 6) is -0.189. The molecule has 1 N–H and O–H groups in total. The Bertz CT molecular complexity index is 553. The monoisotopic (exact) mass is 334 g/mol. The third-order valence-electron chi connectivity index (χ3n) is 4.14. The summed E-state index contributed by atoms with van der Waals surface area (Å²) in [6.45, 7) is 3.48. The molecule has 1 fully saturated rings. The lowest BCUT2D eigenvalue weighted by Gasteiger charge is -2.22. The van der Waals surface area contributed by atoms with Crippen LogP contribution in [-0.2, 0) is 20.8 Å². The molecule has 6 heteroatoms. The topological polar surface area (TPSA) is 67.9 Å². The van der Waals surface area contributed by atoms with Gasteiger partial charge < -0.3 is 19.7 Å². The zero-order chi connectivity index (χ0) is 17.5. The van der Waals surface area contributed by atoms with Crippen molar-refractivity contribution in [2.75, 3.05) is 27.3 Å². The quantitative estimate of drug-likeness (QED) is 0.822. The Hall–Kier alpha value is -1.92. The van der Waals surface area contributed by atoms with Crippen LogP contribution >= 0.6 is 0 Å². The number of rotatable bonds is 7. The lowest BCUT2D eigenvalue weighted by Crippen LogP contribution is -2.37. The van der Waals surface area contributed by atoms with Gasteiger partial charge >= 0.3 is 0 Å². The van der Waals surface area contributed by atoms with Crippen LogP contribution in [0.1, 0.15) is 35.7 Å². The van der Waals surface area contributed by atoms with Crippen LogP contribution < -0.4 is 5.32 Å². The van der Waals surface area contributed by atoms with Gasteiger partial charge in [-0.2, -0.15) is 0 Å². The predicted octanol–water partition coefficient (Wildman–Crippen LogP) is 1.59. The van der Waals surface area contributed by atoms with E-state index in [2.05, 4.69) is 5.32 Å². The molecule has 1 aliphatic heterocycles. The number of likely N-dealkylation sites (N-methyl/N-ethyl adjacent to an activating group) is 1. The first-order valence-corrected chi connectivity index (χ1v) is 8.30. The molecule has 0 radical (unpaired) electrons. The van der Waals surface area contributed by atoms with Crippen molar-refractivity contribution >= 4 is 11.8 Å². The van der Waals surface area contributed by atoms with Crippen LogP contribution in [0.5, 0.6) is 0 Å². The zero-order valence-electron chi connectivity index (χ0n) is 14.6. The van der Waals surface area contributed by atoms with Gasteiger partial charge in [-0.15, -0.1) is 0 Å². The van der Waals surface area contributed by atoms with E-state index >= 15 is 0 Å². The normalized spacial score (nSPS) is 18.2. The van der Waals surface area contributed by atoms with Crippen LogP contribution in [0.3, 0.4) is 0 Å². The summed E-state index contributed by atoms with van der Waals surface area (Å²) in [4.78, 5) is 25.5. The van der Waals surface area contributed by atoms with E-state index in [1.54, 1.807) is 38.1 Å². The van der Waals surface area contributed by atoms with E-state index in [0.29, 0.717) is 18.7 Å². The highest BCUT2D eigenvalue weighted by Gasteiger charge is 2.22. The fourth-order valence-corrected chi connectivity index (χ4v) is 2.67. The molecule has 2 amide bonds. The molecule has 0 aliphatic carbocycles. The van der Waals surface area contributed by atoms with Crippen molar-refractivity contribution < 1.29 is 19.1 Å². The summed E-state index contributed by atoms with van der Waals surface area (Å²) >= 11 is 0. The van der Waals surface area contributed by atoms with Gasteiger partial charge in [-0.3, -0.25) is 9.59 Å². The van der Waals surface area contributed by atoms with Gasteiger partial charge in [0, 0.05) is 32.8 Å². The predicted molar refractivity (Wildman–Crippen MR) is 90.7 cm³/mol. The van der Waals surface area contributed by atoms with Crippen molar-refractivity contribution in [3.05, 3.63) is 35.4 Å². The molecule has 1 saturated heterocycles. The maximum Gasteiger partial charge on any atom is 0.251 e. The number of hydrogen-bond donors (Lipinski definition) is 1. The zero-order valence-corrected chi connectivity index (χ0v) is 14.6. The highest BCUT2D eigenvalue weighted by molar-refractivity contribution is 5.93. The van der Waals surface area contributed by atoms with E-state index in [0.717, 1.165) is 25.0 Å². The second kappa shape index (κ2) is 8.80. The maximum absolute atomic E-state index is 12.4. The van der Waals surface area contributed by atoms with E-state index < -0.39 is 6.10 Å². The molecule has 0 bridgehead atoms. The van der Waals surface area contributed by atoms with Crippen molar-refractivity contribution in [2.45, 2.75) is 38.5 Å². The Labute approximate surface area is 143 Å². The highest BCUT2D eigenvalue weighted by atomic mass is 16.5. The summed E-state index contributed by atoms with van der Waals surface area (Å²) in [6.07, 6.45) is 1.67. The van der Waals surface area contributed by atoms with E-state index in [1.807, 2.05) is 12.1 Å². The van der Waals surface area contributed by atoms with Crippen LogP contribution in [0.4, 0.5) is 0 Å². The van der Waals surface area contributed by atoms with Crippen LogP contribution in [0, 0.1) is 0 Å². The fraction of sp³-hybridized carbons (Fsp3) is 0.556. The minimum absolute atomic E-state index is 0.0663. The van der Waals surface area contributed by atoms with Crippen molar-refractivity contribution in [1.29, 1.82) is 0 Å². The van der Waals surface area contributed by atoms with E-state index in [1.165, 1.54) is 0 Å². The molecular weight excluding hydrogens is 308 g/mol. The van der Waals surface area contributed by atoms with Gasteiger partial charge in [0.05, 0.1) is 12.7 Å². The SMILES string of the molecule is CNC(=O)c1ccc(CN(C)C(=O)[C@H](C)OC[C@H]2CCCO2)cc1. The minimum atomic E-state index is -0.496. The molecular formula is C18H26N2O4. The maximum atomic E-state index is 12.4. The molecule has 1 aromatic carbocycles. The number of ether oxygens (including phenoxy) is 2. The standard InChI is InChI=1S/C18H26N2O4/c1-13(24-12-16-5-4-10-23-16)18(22)20(3)11-14-6-8-15(9-7-14)17(21)19-2/h6-9,13,16H,4-5,10-12H2,1-3H3,(H,19,21)/t13-,16+/m0/s1. The Morgan fingerprint density at radius 1 is 1.38 bits per heavy atom. The number of nitrogens with zero attached hydrogens (tertiary/aromatic N) is 1. The second-order valence-electron chi connectivity index (χ2n) is 6.08. The Morgan fingerprint density at radius 2 is 2.08 bits per heavy atom. The fourth-order valence-electron chi connectivity index (χ4n) is 2.67. The van der Waals surface area contributed by atoms with Gasteiger partial charge in [-0.1, -0.05) is 12.1 Å². The van der Waals surface area contributed by atoms with Crippen molar-refractivity contribution in [3.8, 4) is 0 Å². The van der Waals surface area contributed by atoms with Crippen LogP contribution in [0.15, 0.2) is 24.3 Å². The van der Waals surface area contributed by atoms with Crippen LogP contribution in [-0.4, -0.2) is 56.2 Å². The first kappa shape index (κ1) is 18.4. The van der Waals surface area contributed by atoms with Gasteiger partial charge in [0.15, 0.2) is 0 Å². The number of amides is 2. The molecule has 6 nitrogen and oxygen atoms in total. The van der Waals surface area contributed by atoms with Gasteiger partial charge in [0.25, 0.3) is 11.8 Å². The van der Waals surface area contributed by atoms with Crippen molar-refractivity contribution in [2.24, 2.45) is 0 Å². The molecule has 0 unspecified atom stereocenters. The third-order valence-corrected chi connectivity index (χ3v) is 4.14. The second-order valence-corrected chi connectivity index (χ2v) is 6.08. The molecule has 1 aromatic rings. The molecule has 2 atom stereocenters. The third kappa shape index (κ3) is 5.04.